The van der Waals surface area contributed by atoms with E-state index in [1.165, 1.54) is 12.4 Å². The lowest BCUT2D eigenvalue weighted by Crippen LogP contribution is -2.05. The van der Waals surface area contributed by atoms with Gasteiger partial charge >= 0.3 is 10.2 Å². The molecule has 2 rings (SSSR count). The van der Waals surface area contributed by atoms with E-state index in [9.17, 15) is 19.4 Å². The molecular formula is C10H8F5N3S. The SMILES string of the molecule is Nc1nccnc1-c1ccc(S(F)(F)(F)(F)F)cc1. The van der Waals surface area contributed by atoms with Crippen LogP contribution in [0.3, 0.4) is 0 Å². The van der Waals surface area contributed by atoms with Crippen molar-refractivity contribution in [2.24, 2.45) is 0 Å². The Balaban J connectivity index is 2.50. The van der Waals surface area contributed by atoms with Gasteiger partial charge in [-0.2, -0.15) is 0 Å². The molecule has 0 atom stereocenters. The molecule has 1 aromatic carbocycles. The third-order valence-electron chi connectivity index (χ3n) is 2.30. The molecule has 0 radical (unpaired) electrons. The maximum atomic E-state index is 12.5. The normalized spacial score (nSPS) is 15.6. The van der Waals surface area contributed by atoms with Crippen LogP contribution in [0.2, 0.25) is 0 Å². The molecule has 0 amide bonds. The second kappa shape index (κ2) is 3.35. The van der Waals surface area contributed by atoms with Crippen molar-refractivity contribution in [1.82, 2.24) is 9.97 Å². The Hall–Kier alpha value is -1.90. The highest BCUT2D eigenvalue weighted by atomic mass is 32.5. The van der Waals surface area contributed by atoms with Gasteiger partial charge in [-0.15, -0.1) is 0 Å². The molecule has 9 heteroatoms. The van der Waals surface area contributed by atoms with Crippen molar-refractivity contribution in [3.05, 3.63) is 36.7 Å². The number of hydrogen-bond donors (Lipinski definition) is 1. The average Bonchev–Trinajstić information content (AvgIpc) is 2.27. The molecule has 1 heterocycles. The zero-order chi connectivity index (χ0) is 14.4. The van der Waals surface area contributed by atoms with Gasteiger partial charge in [0, 0.05) is 18.0 Å². The summed E-state index contributed by atoms with van der Waals surface area (Å²) in [5, 5.41) is 0. The van der Waals surface area contributed by atoms with E-state index >= 15 is 0 Å². The Morgan fingerprint density at radius 1 is 0.842 bits per heavy atom. The van der Waals surface area contributed by atoms with Crippen LogP contribution in [0.1, 0.15) is 0 Å². The Morgan fingerprint density at radius 2 is 1.37 bits per heavy atom. The molecular weight excluding hydrogens is 289 g/mol. The first-order chi connectivity index (χ1) is 8.47. The van der Waals surface area contributed by atoms with Gasteiger partial charge < -0.3 is 5.73 Å². The van der Waals surface area contributed by atoms with Gasteiger partial charge in [-0.05, 0) is 12.1 Å². The van der Waals surface area contributed by atoms with Gasteiger partial charge in [-0.1, -0.05) is 31.6 Å². The van der Waals surface area contributed by atoms with Crippen LogP contribution in [-0.2, 0) is 0 Å². The molecule has 0 unspecified atom stereocenters. The van der Waals surface area contributed by atoms with E-state index in [0.717, 1.165) is 12.1 Å². The monoisotopic (exact) mass is 297 g/mol. The number of hydrogen-bond acceptors (Lipinski definition) is 3. The van der Waals surface area contributed by atoms with Crippen molar-refractivity contribution in [3.63, 3.8) is 0 Å². The third-order valence-corrected chi connectivity index (χ3v) is 3.46. The fourth-order valence-electron chi connectivity index (χ4n) is 1.44. The highest BCUT2D eigenvalue weighted by molar-refractivity contribution is 8.45. The molecule has 0 aliphatic carbocycles. The quantitative estimate of drug-likeness (QED) is 0.837. The van der Waals surface area contributed by atoms with Crippen LogP contribution in [0.25, 0.3) is 11.3 Å². The van der Waals surface area contributed by atoms with Crippen molar-refractivity contribution in [1.29, 1.82) is 0 Å². The summed E-state index contributed by atoms with van der Waals surface area (Å²) in [6.45, 7) is 0. The van der Waals surface area contributed by atoms with E-state index in [-0.39, 0.29) is 17.1 Å². The summed E-state index contributed by atoms with van der Waals surface area (Å²) in [7, 11) is -9.64. The van der Waals surface area contributed by atoms with E-state index in [1.54, 1.807) is 0 Å². The van der Waals surface area contributed by atoms with Crippen LogP contribution in [0, 0.1) is 0 Å². The Morgan fingerprint density at radius 3 is 1.84 bits per heavy atom. The molecule has 0 fully saturated rings. The Kier molecular flexibility index (Phi) is 2.39. The van der Waals surface area contributed by atoms with Crippen LogP contribution >= 0.6 is 10.2 Å². The zero-order valence-corrected chi connectivity index (χ0v) is 10.1. The summed E-state index contributed by atoms with van der Waals surface area (Å²) in [6, 6.07) is 2.39. The molecule has 19 heavy (non-hydrogen) atoms. The lowest BCUT2D eigenvalue weighted by molar-refractivity contribution is 0.364. The second-order valence-corrected chi connectivity index (χ2v) is 6.19. The van der Waals surface area contributed by atoms with Crippen LogP contribution in [0.4, 0.5) is 25.2 Å². The molecule has 0 spiro atoms. The van der Waals surface area contributed by atoms with Gasteiger partial charge in [0.2, 0.25) is 0 Å². The fourth-order valence-corrected chi connectivity index (χ4v) is 2.09. The summed E-state index contributed by atoms with van der Waals surface area (Å²) in [5.41, 5.74) is 5.80. The minimum Gasteiger partial charge on any atom is -0.382 e. The summed E-state index contributed by atoms with van der Waals surface area (Å²) in [5.74, 6) is 0.00240. The van der Waals surface area contributed by atoms with Crippen LogP contribution in [0.15, 0.2) is 41.6 Å². The van der Waals surface area contributed by atoms with E-state index < -0.39 is 15.1 Å². The van der Waals surface area contributed by atoms with Crippen LogP contribution in [-0.4, -0.2) is 9.97 Å². The van der Waals surface area contributed by atoms with Gasteiger partial charge in [-0.3, -0.25) is 4.98 Å². The molecule has 2 aromatic rings. The first-order valence-corrected chi connectivity index (χ1v) is 6.83. The molecule has 104 valence electrons. The molecule has 1 aromatic heterocycles. The first-order valence-electron chi connectivity index (χ1n) is 4.88. The van der Waals surface area contributed by atoms with E-state index in [0.29, 0.717) is 12.1 Å². The number of anilines is 1. The minimum atomic E-state index is -9.64. The number of nitrogens with zero attached hydrogens (tertiary/aromatic N) is 2. The van der Waals surface area contributed by atoms with Crippen LogP contribution < -0.4 is 5.73 Å². The molecule has 0 bridgehead atoms. The second-order valence-electron chi connectivity index (χ2n) is 3.78. The number of nitrogen functional groups attached to an aromatic ring is 1. The number of nitrogens with two attached hydrogens (primary N) is 1. The summed E-state index contributed by atoms with van der Waals surface area (Å²) < 4.78 is 62.5. The van der Waals surface area contributed by atoms with Gasteiger partial charge in [0.15, 0.2) is 0 Å². The van der Waals surface area contributed by atoms with E-state index in [4.69, 9.17) is 5.73 Å². The van der Waals surface area contributed by atoms with Crippen molar-refractivity contribution >= 4 is 16.0 Å². The molecule has 0 aliphatic heterocycles. The molecule has 3 nitrogen and oxygen atoms in total. The first kappa shape index (κ1) is 13.5. The number of halogens is 5. The van der Waals surface area contributed by atoms with Gasteiger partial charge in [-0.25, -0.2) is 4.98 Å². The summed E-state index contributed by atoms with van der Waals surface area (Å²) in [6.07, 6.45) is 2.60. The predicted molar refractivity (Wildman–Crippen MR) is 63.3 cm³/mol. The van der Waals surface area contributed by atoms with Gasteiger partial charge in [0.05, 0.1) is 0 Å². The van der Waals surface area contributed by atoms with Gasteiger partial charge in [0.1, 0.15) is 16.4 Å². The topological polar surface area (TPSA) is 51.8 Å². The average molecular weight is 297 g/mol. The fraction of sp³-hybridized carbons (Fsp3) is 0. The van der Waals surface area contributed by atoms with Crippen molar-refractivity contribution < 1.29 is 19.4 Å². The van der Waals surface area contributed by atoms with Crippen molar-refractivity contribution in [2.45, 2.75) is 4.90 Å². The van der Waals surface area contributed by atoms with Crippen molar-refractivity contribution in [3.8, 4) is 11.3 Å². The molecule has 2 N–H and O–H groups in total. The lowest BCUT2D eigenvalue weighted by atomic mass is 10.1. The lowest BCUT2D eigenvalue weighted by Gasteiger charge is -2.40. The highest BCUT2D eigenvalue weighted by Gasteiger charge is 2.65. The van der Waals surface area contributed by atoms with E-state index in [2.05, 4.69) is 9.97 Å². The largest absolute Gasteiger partial charge is 0.382 e. The Labute approximate surface area is 105 Å². The smallest absolute Gasteiger partial charge is 0.310 e. The number of benzene rings is 1. The molecule has 0 saturated carbocycles. The zero-order valence-electron chi connectivity index (χ0n) is 9.23. The summed E-state index contributed by atoms with van der Waals surface area (Å²) in [4.78, 5) is 5.58. The standard InChI is InChI=1S/C10H8F5N3S/c11-19(12,13,14,15)8-3-1-7(2-4-8)9-10(16)18-6-5-17-9/h1-6H,(H2,16,18). The Bertz CT molecular complexity index is 624. The van der Waals surface area contributed by atoms with Crippen LogP contribution in [0.5, 0.6) is 0 Å². The number of rotatable bonds is 2. The molecule has 0 saturated heterocycles. The maximum absolute atomic E-state index is 12.5. The van der Waals surface area contributed by atoms with Gasteiger partial charge in [0.25, 0.3) is 0 Å². The minimum absolute atomic E-state index is 0.00240. The van der Waals surface area contributed by atoms with E-state index in [1.807, 2.05) is 0 Å². The highest BCUT2D eigenvalue weighted by Crippen LogP contribution is 3.02. The van der Waals surface area contributed by atoms with Crippen molar-refractivity contribution in [2.75, 3.05) is 5.73 Å². The third kappa shape index (κ3) is 2.92. The predicted octanol–water partition coefficient (Wildman–Crippen LogP) is 4.38. The maximum Gasteiger partial charge on any atom is 0.310 e. The summed E-state index contributed by atoms with van der Waals surface area (Å²) >= 11 is 0. The number of aromatic nitrogens is 2. The molecule has 0 aliphatic rings.